The normalized spacial score (nSPS) is 17.1. The summed E-state index contributed by atoms with van der Waals surface area (Å²) in [7, 11) is 1.85. The first-order chi connectivity index (χ1) is 12.1. The molecule has 1 fully saturated rings. The number of carbonyl (C=O) groups is 1. The van der Waals surface area contributed by atoms with Crippen molar-refractivity contribution in [3.8, 4) is 0 Å². The lowest BCUT2D eigenvalue weighted by atomic mass is 10.2. The zero-order valence-corrected chi connectivity index (χ0v) is 14.4. The highest BCUT2D eigenvalue weighted by atomic mass is 16.2. The summed E-state index contributed by atoms with van der Waals surface area (Å²) in [5, 5.41) is 12.8. The summed E-state index contributed by atoms with van der Waals surface area (Å²) in [5.41, 5.74) is 1.65. The Kier molecular flexibility index (Phi) is 3.96. The molecule has 1 N–H and O–H groups in total. The van der Waals surface area contributed by atoms with E-state index in [4.69, 9.17) is 0 Å². The second-order valence-electron chi connectivity index (χ2n) is 6.44. The second kappa shape index (κ2) is 6.29. The SMILES string of the molecule is CC(c1nnnn1C)N1CCN(C(=O)c2cc3ccccc3[nH]2)CC1. The Balaban J connectivity index is 1.43. The molecule has 1 unspecified atom stereocenters. The molecule has 4 rings (SSSR count). The van der Waals surface area contributed by atoms with Crippen LogP contribution in [0.25, 0.3) is 10.9 Å². The van der Waals surface area contributed by atoms with E-state index in [1.165, 1.54) is 0 Å². The van der Waals surface area contributed by atoms with Gasteiger partial charge in [0.25, 0.3) is 5.91 Å². The molecule has 2 aromatic heterocycles. The van der Waals surface area contributed by atoms with Crippen LogP contribution in [0.5, 0.6) is 0 Å². The smallest absolute Gasteiger partial charge is 0.270 e. The Morgan fingerprint density at radius 2 is 1.96 bits per heavy atom. The van der Waals surface area contributed by atoms with Crippen LogP contribution in [0.1, 0.15) is 29.3 Å². The van der Waals surface area contributed by atoms with Gasteiger partial charge in [-0.3, -0.25) is 9.69 Å². The van der Waals surface area contributed by atoms with Crippen LogP contribution in [-0.4, -0.2) is 67.1 Å². The molecule has 0 saturated carbocycles. The average Bonchev–Trinajstić information content (AvgIpc) is 3.26. The molecule has 1 atom stereocenters. The fraction of sp³-hybridized carbons (Fsp3) is 0.412. The lowest BCUT2D eigenvalue weighted by Crippen LogP contribution is -2.49. The maximum atomic E-state index is 12.8. The number of H-pyrrole nitrogens is 1. The molecule has 3 heterocycles. The number of hydrogen-bond acceptors (Lipinski definition) is 5. The van der Waals surface area contributed by atoms with E-state index in [0.29, 0.717) is 18.8 Å². The number of rotatable bonds is 3. The van der Waals surface area contributed by atoms with Crippen molar-refractivity contribution >= 4 is 16.8 Å². The van der Waals surface area contributed by atoms with Crippen LogP contribution in [-0.2, 0) is 7.05 Å². The number of hydrogen-bond donors (Lipinski definition) is 1. The number of piperazine rings is 1. The Morgan fingerprint density at radius 3 is 2.64 bits per heavy atom. The van der Waals surface area contributed by atoms with Crippen LogP contribution >= 0.6 is 0 Å². The minimum atomic E-state index is 0.0591. The third-order valence-corrected chi connectivity index (χ3v) is 4.94. The van der Waals surface area contributed by atoms with E-state index < -0.39 is 0 Å². The topological polar surface area (TPSA) is 82.9 Å². The third kappa shape index (κ3) is 2.89. The first kappa shape index (κ1) is 15.8. The lowest BCUT2D eigenvalue weighted by molar-refractivity contribution is 0.0567. The van der Waals surface area contributed by atoms with Crippen molar-refractivity contribution < 1.29 is 4.79 Å². The summed E-state index contributed by atoms with van der Waals surface area (Å²) >= 11 is 0. The van der Waals surface area contributed by atoms with Gasteiger partial charge in [-0.2, -0.15) is 0 Å². The number of fused-ring (bicyclic) bond motifs is 1. The number of amides is 1. The monoisotopic (exact) mass is 339 g/mol. The second-order valence-corrected chi connectivity index (χ2v) is 6.44. The van der Waals surface area contributed by atoms with E-state index in [2.05, 4.69) is 32.3 Å². The maximum absolute atomic E-state index is 12.8. The standard InChI is InChI=1S/C17H21N7O/c1-12(16-19-20-21-22(16)2)23-7-9-24(10-8-23)17(25)15-11-13-5-3-4-6-14(13)18-15/h3-6,11-12,18H,7-10H2,1-2H3. The molecule has 0 aliphatic carbocycles. The molecule has 130 valence electrons. The first-order valence-electron chi connectivity index (χ1n) is 8.47. The molecule has 0 radical (unpaired) electrons. The molecule has 8 heteroatoms. The van der Waals surface area contributed by atoms with Gasteiger partial charge in [0.05, 0.1) is 6.04 Å². The number of tetrazole rings is 1. The van der Waals surface area contributed by atoms with Gasteiger partial charge in [0.15, 0.2) is 5.82 Å². The number of benzene rings is 1. The number of aromatic amines is 1. The zero-order valence-electron chi connectivity index (χ0n) is 14.4. The Hall–Kier alpha value is -2.74. The number of nitrogens with one attached hydrogen (secondary N) is 1. The van der Waals surface area contributed by atoms with Crippen molar-refractivity contribution in [1.29, 1.82) is 0 Å². The van der Waals surface area contributed by atoms with Gasteiger partial charge in [-0.05, 0) is 29.5 Å². The fourth-order valence-electron chi connectivity index (χ4n) is 3.42. The van der Waals surface area contributed by atoms with Gasteiger partial charge in [0.1, 0.15) is 5.69 Å². The third-order valence-electron chi connectivity index (χ3n) is 4.94. The van der Waals surface area contributed by atoms with Crippen LogP contribution < -0.4 is 0 Å². The van der Waals surface area contributed by atoms with Gasteiger partial charge < -0.3 is 9.88 Å². The van der Waals surface area contributed by atoms with Crippen molar-refractivity contribution in [1.82, 2.24) is 35.0 Å². The first-order valence-corrected chi connectivity index (χ1v) is 8.47. The molecule has 8 nitrogen and oxygen atoms in total. The molecule has 1 amide bonds. The zero-order chi connectivity index (χ0) is 17.4. The summed E-state index contributed by atoms with van der Waals surface area (Å²) in [5.74, 6) is 0.902. The number of aryl methyl sites for hydroxylation is 1. The molecule has 25 heavy (non-hydrogen) atoms. The van der Waals surface area contributed by atoms with Crippen LogP contribution in [0.4, 0.5) is 0 Å². The summed E-state index contributed by atoms with van der Waals surface area (Å²) in [4.78, 5) is 20.2. The number of nitrogens with zero attached hydrogens (tertiary/aromatic N) is 6. The van der Waals surface area contributed by atoms with Crippen molar-refractivity contribution in [3.63, 3.8) is 0 Å². The van der Waals surface area contributed by atoms with E-state index in [1.54, 1.807) is 4.68 Å². The van der Waals surface area contributed by atoms with Crippen LogP contribution in [0.15, 0.2) is 30.3 Å². The molecule has 1 aliphatic heterocycles. The average molecular weight is 339 g/mol. The van der Waals surface area contributed by atoms with Crippen molar-refractivity contribution in [2.24, 2.45) is 7.05 Å². The Morgan fingerprint density at radius 1 is 1.20 bits per heavy atom. The molecular formula is C17H21N7O. The maximum Gasteiger partial charge on any atom is 0.270 e. The van der Waals surface area contributed by atoms with Gasteiger partial charge in [-0.15, -0.1) is 5.10 Å². The molecule has 1 aromatic carbocycles. The summed E-state index contributed by atoms with van der Waals surface area (Å²) in [6, 6.07) is 10.0. The van der Waals surface area contributed by atoms with Crippen molar-refractivity contribution in [3.05, 3.63) is 41.9 Å². The van der Waals surface area contributed by atoms with E-state index in [1.807, 2.05) is 42.3 Å². The van der Waals surface area contributed by atoms with Crippen molar-refractivity contribution in [2.45, 2.75) is 13.0 Å². The molecule has 1 aliphatic rings. The predicted molar refractivity (Wildman–Crippen MR) is 93.0 cm³/mol. The quantitative estimate of drug-likeness (QED) is 0.775. The summed E-state index contributed by atoms with van der Waals surface area (Å²) < 4.78 is 1.70. The predicted octanol–water partition coefficient (Wildman–Crippen LogP) is 1.21. The largest absolute Gasteiger partial charge is 0.351 e. The van der Waals surface area contributed by atoms with Crippen LogP contribution in [0.2, 0.25) is 0 Å². The van der Waals surface area contributed by atoms with E-state index >= 15 is 0 Å². The minimum absolute atomic E-state index is 0.0591. The summed E-state index contributed by atoms with van der Waals surface area (Å²) in [6.07, 6.45) is 0. The van der Waals surface area contributed by atoms with Gasteiger partial charge in [-0.1, -0.05) is 18.2 Å². The molecule has 0 bridgehead atoms. The Labute approximate surface area is 145 Å². The Bertz CT molecular complexity index is 858. The highest BCUT2D eigenvalue weighted by Gasteiger charge is 2.28. The number of aromatic nitrogens is 5. The van der Waals surface area contributed by atoms with E-state index in [0.717, 1.165) is 29.8 Å². The van der Waals surface area contributed by atoms with Gasteiger partial charge in [0, 0.05) is 44.1 Å². The molecule has 1 saturated heterocycles. The highest BCUT2D eigenvalue weighted by molar-refractivity contribution is 5.98. The van der Waals surface area contributed by atoms with Crippen LogP contribution in [0, 0.1) is 0 Å². The fourth-order valence-corrected chi connectivity index (χ4v) is 3.42. The highest BCUT2D eigenvalue weighted by Crippen LogP contribution is 2.20. The lowest BCUT2D eigenvalue weighted by Gasteiger charge is -2.37. The van der Waals surface area contributed by atoms with E-state index in [-0.39, 0.29) is 11.9 Å². The minimum Gasteiger partial charge on any atom is -0.351 e. The van der Waals surface area contributed by atoms with Crippen molar-refractivity contribution in [2.75, 3.05) is 26.2 Å². The summed E-state index contributed by atoms with van der Waals surface area (Å²) in [6.45, 7) is 5.11. The number of para-hydroxylation sites is 1. The molecule has 3 aromatic rings. The van der Waals surface area contributed by atoms with Crippen LogP contribution in [0.3, 0.4) is 0 Å². The van der Waals surface area contributed by atoms with Gasteiger partial charge >= 0.3 is 0 Å². The van der Waals surface area contributed by atoms with Gasteiger partial charge in [0.2, 0.25) is 0 Å². The number of carbonyl (C=O) groups excluding carboxylic acids is 1. The van der Waals surface area contributed by atoms with Gasteiger partial charge in [-0.25, -0.2) is 4.68 Å². The van der Waals surface area contributed by atoms with E-state index in [9.17, 15) is 4.79 Å². The molecular weight excluding hydrogens is 318 g/mol. The molecule has 0 spiro atoms.